The number of rotatable bonds is 3. The minimum Gasteiger partial charge on any atom is -0.474 e. The van der Waals surface area contributed by atoms with Gasteiger partial charge in [-0.3, -0.25) is 18.7 Å². The Morgan fingerprint density at radius 1 is 1.14 bits per heavy atom. The van der Waals surface area contributed by atoms with Crippen molar-refractivity contribution in [2.75, 3.05) is 0 Å². The second-order valence-electron chi connectivity index (χ2n) is 7.05. The Hall–Kier alpha value is -2.57. The van der Waals surface area contributed by atoms with Gasteiger partial charge in [0.1, 0.15) is 5.52 Å². The Bertz CT molecular complexity index is 1240. The van der Waals surface area contributed by atoms with E-state index in [0.717, 1.165) is 10.1 Å². The van der Waals surface area contributed by atoms with Crippen LogP contribution in [0.2, 0.25) is 10.0 Å². The molecule has 1 aliphatic heterocycles. The lowest BCUT2D eigenvalue weighted by atomic mass is 9.99. The van der Waals surface area contributed by atoms with E-state index in [1.807, 2.05) is 0 Å². The van der Waals surface area contributed by atoms with E-state index in [0.29, 0.717) is 15.9 Å². The highest BCUT2D eigenvalue weighted by molar-refractivity contribution is 6.33. The molecule has 0 radical (unpaired) electrons. The summed E-state index contributed by atoms with van der Waals surface area (Å²) < 4.78 is 8.41. The van der Waals surface area contributed by atoms with E-state index < -0.39 is 16.9 Å². The van der Waals surface area contributed by atoms with Crippen molar-refractivity contribution in [1.29, 1.82) is 0 Å². The van der Waals surface area contributed by atoms with Crippen molar-refractivity contribution < 1.29 is 9.53 Å². The summed E-state index contributed by atoms with van der Waals surface area (Å²) in [5.41, 5.74) is -1.15. The van der Waals surface area contributed by atoms with Crippen molar-refractivity contribution in [1.82, 2.24) is 9.13 Å². The molecule has 1 aromatic heterocycles. The first-order chi connectivity index (χ1) is 13.2. The third-order valence-corrected chi connectivity index (χ3v) is 5.63. The summed E-state index contributed by atoms with van der Waals surface area (Å²) in [7, 11) is 0. The molecule has 0 fully saturated rings. The number of hydrogen-bond acceptors (Lipinski definition) is 4. The van der Waals surface area contributed by atoms with Crippen molar-refractivity contribution in [3.05, 3.63) is 72.8 Å². The molecule has 2 aromatic carbocycles. The van der Waals surface area contributed by atoms with E-state index in [9.17, 15) is 14.4 Å². The fraction of sp³-hybridized carbons (Fsp3) is 0.250. The maximum absolute atomic E-state index is 13.2. The topological polar surface area (TPSA) is 70.3 Å². The predicted octanol–water partition coefficient (Wildman–Crippen LogP) is 3.26. The number of carbonyl (C=O) groups excluding carboxylic acids is 1. The molecule has 6 nitrogen and oxygen atoms in total. The molecule has 0 saturated carbocycles. The number of ketones is 1. The zero-order valence-corrected chi connectivity index (χ0v) is 16.7. The quantitative estimate of drug-likeness (QED) is 0.654. The Morgan fingerprint density at radius 2 is 1.82 bits per heavy atom. The lowest BCUT2D eigenvalue weighted by molar-refractivity contribution is -0.132. The molecule has 0 N–H and O–H groups in total. The van der Waals surface area contributed by atoms with Crippen molar-refractivity contribution in [3.8, 4) is 5.75 Å². The summed E-state index contributed by atoms with van der Waals surface area (Å²) >= 11 is 12.2. The average molecular weight is 419 g/mol. The molecular weight excluding hydrogens is 403 g/mol. The maximum atomic E-state index is 13.2. The molecule has 3 aromatic rings. The summed E-state index contributed by atoms with van der Waals surface area (Å²) in [6, 6.07) is 10.0. The van der Waals surface area contributed by atoms with Crippen molar-refractivity contribution in [2.24, 2.45) is 0 Å². The van der Waals surface area contributed by atoms with Crippen LogP contribution in [0.25, 0.3) is 10.9 Å². The molecule has 144 valence electrons. The second kappa shape index (κ2) is 6.50. The first-order valence-corrected chi connectivity index (χ1v) is 9.37. The van der Waals surface area contributed by atoms with Gasteiger partial charge in [-0.25, -0.2) is 4.79 Å². The number of halogens is 2. The molecule has 8 heteroatoms. The van der Waals surface area contributed by atoms with Crippen LogP contribution < -0.4 is 16.0 Å². The standard InChI is InChI=1S/C20H16Cl2N2O4/c1-11(25)20(2)10-24-16-14(7-8-15(22)17(16)28-20)18(26)23(19(24)27)9-12-3-5-13(21)6-4-12/h3-8H,9-10H2,1-2H3. The SMILES string of the molecule is CC(=O)C1(C)Cn2c(=O)n(Cc3ccc(Cl)cc3)c(=O)c3ccc(Cl)c(c32)O1. The number of carbonyl (C=O) groups is 1. The summed E-state index contributed by atoms with van der Waals surface area (Å²) in [4.78, 5) is 38.4. The Morgan fingerprint density at radius 3 is 2.46 bits per heavy atom. The van der Waals surface area contributed by atoms with Gasteiger partial charge < -0.3 is 4.74 Å². The molecule has 1 atom stereocenters. The van der Waals surface area contributed by atoms with Gasteiger partial charge in [0.15, 0.2) is 17.1 Å². The molecular formula is C20H16Cl2N2O4. The smallest absolute Gasteiger partial charge is 0.332 e. The fourth-order valence-electron chi connectivity index (χ4n) is 3.36. The van der Waals surface area contributed by atoms with Crippen molar-refractivity contribution in [2.45, 2.75) is 32.5 Å². The van der Waals surface area contributed by atoms with E-state index in [1.165, 1.54) is 17.6 Å². The second-order valence-corrected chi connectivity index (χ2v) is 7.89. The highest BCUT2D eigenvalue weighted by Crippen LogP contribution is 2.38. The van der Waals surface area contributed by atoms with Crippen LogP contribution in [-0.4, -0.2) is 20.5 Å². The molecule has 0 bridgehead atoms. The van der Waals surface area contributed by atoms with E-state index in [-0.39, 0.29) is 29.6 Å². The summed E-state index contributed by atoms with van der Waals surface area (Å²) in [5.74, 6) is -0.0652. The van der Waals surface area contributed by atoms with E-state index in [1.54, 1.807) is 37.3 Å². The van der Waals surface area contributed by atoms with Gasteiger partial charge in [0.05, 0.1) is 23.5 Å². The zero-order chi connectivity index (χ0) is 20.2. The Balaban J connectivity index is 2.00. The molecule has 28 heavy (non-hydrogen) atoms. The Kier molecular flexibility index (Phi) is 4.36. The molecule has 0 amide bonds. The molecule has 1 aliphatic rings. The van der Waals surface area contributed by atoms with E-state index in [4.69, 9.17) is 27.9 Å². The first kappa shape index (κ1) is 18.8. The summed E-state index contributed by atoms with van der Waals surface area (Å²) in [6.45, 7) is 3.08. The highest BCUT2D eigenvalue weighted by atomic mass is 35.5. The maximum Gasteiger partial charge on any atom is 0.332 e. The largest absolute Gasteiger partial charge is 0.474 e. The van der Waals surface area contributed by atoms with Crippen LogP contribution in [0.5, 0.6) is 5.75 Å². The van der Waals surface area contributed by atoms with Gasteiger partial charge in [0.2, 0.25) is 0 Å². The average Bonchev–Trinajstić information content (AvgIpc) is 2.66. The molecule has 0 saturated heterocycles. The van der Waals surface area contributed by atoms with Crippen LogP contribution in [-0.2, 0) is 17.9 Å². The van der Waals surface area contributed by atoms with Crippen LogP contribution >= 0.6 is 23.2 Å². The predicted molar refractivity (Wildman–Crippen MR) is 108 cm³/mol. The fourth-order valence-corrected chi connectivity index (χ4v) is 3.68. The van der Waals surface area contributed by atoms with E-state index >= 15 is 0 Å². The lowest BCUT2D eigenvalue weighted by Gasteiger charge is -2.35. The number of nitrogens with zero attached hydrogens (tertiary/aromatic N) is 2. The van der Waals surface area contributed by atoms with E-state index in [2.05, 4.69) is 0 Å². The first-order valence-electron chi connectivity index (χ1n) is 8.61. The number of aromatic nitrogens is 2. The molecule has 1 unspecified atom stereocenters. The van der Waals surface area contributed by atoms with Gasteiger partial charge in [-0.1, -0.05) is 35.3 Å². The minimum absolute atomic E-state index is 0.00803. The van der Waals surface area contributed by atoms with Gasteiger partial charge in [0.25, 0.3) is 5.56 Å². The van der Waals surface area contributed by atoms with Gasteiger partial charge in [-0.2, -0.15) is 0 Å². The minimum atomic E-state index is -1.25. The number of hydrogen-bond donors (Lipinski definition) is 0. The number of benzene rings is 2. The molecule has 0 aliphatic carbocycles. The van der Waals surface area contributed by atoms with Gasteiger partial charge in [-0.15, -0.1) is 0 Å². The lowest BCUT2D eigenvalue weighted by Crippen LogP contribution is -2.52. The zero-order valence-electron chi connectivity index (χ0n) is 15.2. The molecule has 4 rings (SSSR count). The third kappa shape index (κ3) is 2.84. The van der Waals surface area contributed by atoms with Crippen LogP contribution in [0.4, 0.5) is 0 Å². The highest BCUT2D eigenvalue weighted by Gasteiger charge is 2.39. The third-order valence-electron chi connectivity index (χ3n) is 5.08. The van der Waals surface area contributed by atoms with Gasteiger partial charge >= 0.3 is 5.69 Å². The monoisotopic (exact) mass is 418 g/mol. The number of ether oxygens (including phenoxy) is 1. The van der Waals surface area contributed by atoms with Gasteiger partial charge in [-0.05, 0) is 43.7 Å². The van der Waals surface area contributed by atoms with Crippen LogP contribution in [0.15, 0.2) is 46.0 Å². The van der Waals surface area contributed by atoms with Gasteiger partial charge in [0, 0.05) is 5.02 Å². The van der Waals surface area contributed by atoms with Crippen LogP contribution in [0.3, 0.4) is 0 Å². The molecule has 2 heterocycles. The number of Topliss-reactive ketones (excluding diaryl/α,β-unsaturated/α-hetero) is 1. The van der Waals surface area contributed by atoms with Crippen molar-refractivity contribution in [3.63, 3.8) is 0 Å². The molecule has 0 spiro atoms. The normalized spacial score (nSPS) is 18.1. The van der Waals surface area contributed by atoms with Crippen LogP contribution in [0.1, 0.15) is 19.4 Å². The van der Waals surface area contributed by atoms with Crippen LogP contribution in [0, 0.1) is 0 Å². The summed E-state index contributed by atoms with van der Waals surface area (Å²) in [5, 5.41) is 1.11. The van der Waals surface area contributed by atoms with Crippen molar-refractivity contribution >= 4 is 39.9 Å². The summed E-state index contributed by atoms with van der Waals surface area (Å²) in [6.07, 6.45) is 0. The Labute approximate surface area is 169 Å².